The highest BCUT2D eigenvalue weighted by molar-refractivity contribution is 9.10. The molecule has 2 heterocycles. The van der Waals surface area contributed by atoms with Crippen LogP contribution in [-0.2, 0) is 14.9 Å². The van der Waals surface area contributed by atoms with Crippen molar-refractivity contribution in [2.24, 2.45) is 0 Å². The molecule has 0 radical (unpaired) electrons. The fourth-order valence-electron chi connectivity index (χ4n) is 1.79. The van der Waals surface area contributed by atoms with Gasteiger partial charge in [0.15, 0.2) is 0 Å². The van der Waals surface area contributed by atoms with Crippen LogP contribution in [0.4, 0.5) is 0 Å². The maximum absolute atomic E-state index is 12.1. The molecule has 1 N–H and O–H groups in total. The average molecular weight is 328 g/mol. The van der Waals surface area contributed by atoms with Crippen LogP contribution < -0.4 is 5.56 Å². The van der Waals surface area contributed by atoms with Crippen LogP contribution in [-0.4, -0.2) is 27.4 Å². The zero-order valence-corrected chi connectivity index (χ0v) is 12.7. The number of aromatic amines is 1. The predicted octanol–water partition coefficient (Wildman–Crippen LogP) is 1.54. The van der Waals surface area contributed by atoms with Gasteiger partial charge in [-0.05, 0) is 36.7 Å². The third kappa shape index (κ3) is 2.07. The van der Waals surface area contributed by atoms with Crippen LogP contribution in [0.5, 0.6) is 0 Å². The number of aryl methyl sites for hydroxylation is 1. The van der Waals surface area contributed by atoms with Crippen LogP contribution in [0.3, 0.4) is 0 Å². The van der Waals surface area contributed by atoms with E-state index in [9.17, 15) is 9.59 Å². The summed E-state index contributed by atoms with van der Waals surface area (Å²) in [5, 5.41) is 0. The van der Waals surface area contributed by atoms with E-state index in [0.717, 1.165) is 0 Å². The second kappa shape index (κ2) is 4.48. The van der Waals surface area contributed by atoms with Gasteiger partial charge in [-0.1, -0.05) is 0 Å². The summed E-state index contributed by atoms with van der Waals surface area (Å²) in [4.78, 5) is 31.1. The SMILES string of the molecule is COC(=O)C(C)(C)c1cn2c(=O)c(Br)c(C)nc2[nH]1. The van der Waals surface area contributed by atoms with Gasteiger partial charge in [0.05, 0.1) is 18.5 Å². The van der Waals surface area contributed by atoms with Gasteiger partial charge in [0.25, 0.3) is 5.56 Å². The fourth-order valence-corrected chi connectivity index (χ4v) is 2.07. The number of hydrogen-bond donors (Lipinski definition) is 1. The molecule has 2 aromatic heterocycles. The number of nitrogens with zero attached hydrogens (tertiary/aromatic N) is 2. The number of carbonyl (C=O) groups is 1. The third-order valence-corrected chi connectivity index (χ3v) is 4.01. The first-order valence-electron chi connectivity index (χ1n) is 5.65. The maximum atomic E-state index is 12.1. The maximum Gasteiger partial charge on any atom is 0.317 e. The van der Waals surface area contributed by atoms with E-state index in [2.05, 4.69) is 25.9 Å². The number of aromatic nitrogens is 3. The van der Waals surface area contributed by atoms with Gasteiger partial charge in [-0.25, -0.2) is 4.98 Å². The summed E-state index contributed by atoms with van der Waals surface area (Å²) in [6.07, 6.45) is 1.58. The lowest BCUT2D eigenvalue weighted by Crippen LogP contribution is -2.30. The Morgan fingerprint density at radius 3 is 2.74 bits per heavy atom. The molecule has 0 aromatic carbocycles. The number of esters is 1. The summed E-state index contributed by atoms with van der Waals surface area (Å²) in [5.74, 6) is 0.0144. The van der Waals surface area contributed by atoms with Gasteiger partial charge in [0.2, 0.25) is 5.78 Å². The summed E-state index contributed by atoms with van der Waals surface area (Å²) in [6, 6.07) is 0. The smallest absolute Gasteiger partial charge is 0.317 e. The highest BCUT2D eigenvalue weighted by Crippen LogP contribution is 2.23. The number of imidazole rings is 1. The van der Waals surface area contributed by atoms with Crippen molar-refractivity contribution in [3.63, 3.8) is 0 Å². The number of ether oxygens (including phenoxy) is 1. The van der Waals surface area contributed by atoms with E-state index >= 15 is 0 Å². The molecular formula is C12H14BrN3O3. The number of hydrogen-bond acceptors (Lipinski definition) is 4. The molecule has 0 bridgehead atoms. The highest BCUT2D eigenvalue weighted by atomic mass is 79.9. The van der Waals surface area contributed by atoms with Gasteiger partial charge in [-0.2, -0.15) is 0 Å². The number of carbonyl (C=O) groups excluding carboxylic acids is 1. The zero-order chi connectivity index (χ0) is 14.4. The van der Waals surface area contributed by atoms with E-state index in [-0.39, 0.29) is 11.5 Å². The van der Waals surface area contributed by atoms with Crippen molar-refractivity contribution in [1.82, 2.24) is 14.4 Å². The topological polar surface area (TPSA) is 76.5 Å². The summed E-state index contributed by atoms with van der Waals surface area (Å²) >= 11 is 3.20. The van der Waals surface area contributed by atoms with E-state index in [1.807, 2.05) is 0 Å². The molecule has 2 aromatic rings. The molecule has 0 atom stereocenters. The van der Waals surface area contributed by atoms with Crippen LogP contribution in [0.15, 0.2) is 15.5 Å². The Bertz CT molecular complexity index is 715. The minimum atomic E-state index is -0.880. The molecule has 0 saturated heterocycles. The molecule has 0 fully saturated rings. The van der Waals surface area contributed by atoms with Crippen molar-refractivity contribution >= 4 is 27.7 Å². The monoisotopic (exact) mass is 327 g/mol. The highest BCUT2D eigenvalue weighted by Gasteiger charge is 2.33. The van der Waals surface area contributed by atoms with Crippen LogP contribution in [0, 0.1) is 6.92 Å². The molecule has 7 heteroatoms. The molecule has 0 aliphatic carbocycles. The first kappa shape index (κ1) is 13.8. The second-order valence-corrected chi connectivity index (χ2v) is 5.59. The minimum absolute atomic E-state index is 0.217. The lowest BCUT2D eigenvalue weighted by molar-refractivity contribution is -0.146. The van der Waals surface area contributed by atoms with Gasteiger partial charge >= 0.3 is 5.97 Å². The molecule has 6 nitrogen and oxygen atoms in total. The van der Waals surface area contributed by atoms with Gasteiger partial charge in [0, 0.05) is 6.20 Å². The minimum Gasteiger partial charge on any atom is -0.468 e. The van der Waals surface area contributed by atoms with Crippen LogP contribution >= 0.6 is 15.9 Å². The Balaban J connectivity index is 2.70. The van der Waals surface area contributed by atoms with E-state index in [4.69, 9.17) is 4.74 Å². The van der Waals surface area contributed by atoms with E-state index in [1.165, 1.54) is 11.5 Å². The van der Waals surface area contributed by atoms with E-state index < -0.39 is 5.41 Å². The van der Waals surface area contributed by atoms with Gasteiger partial charge in [-0.15, -0.1) is 0 Å². The van der Waals surface area contributed by atoms with Gasteiger partial charge in [0.1, 0.15) is 9.89 Å². The molecule has 19 heavy (non-hydrogen) atoms. The van der Waals surface area contributed by atoms with Gasteiger partial charge in [-0.3, -0.25) is 14.0 Å². The van der Waals surface area contributed by atoms with Crippen molar-refractivity contribution in [2.45, 2.75) is 26.2 Å². The normalized spacial score (nSPS) is 11.8. The Morgan fingerprint density at radius 2 is 2.16 bits per heavy atom. The van der Waals surface area contributed by atoms with Crippen molar-refractivity contribution in [2.75, 3.05) is 7.11 Å². The number of methoxy groups -OCH3 is 1. The predicted molar refractivity (Wildman–Crippen MR) is 73.3 cm³/mol. The summed E-state index contributed by atoms with van der Waals surface area (Å²) in [5.41, 5.74) is 0.0660. The van der Waals surface area contributed by atoms with E-state index in [0.29, 0.717) is 21.6 Å². The van der Waals surface area contributed by atoms with Crippen molar-refractivity contribution in [3.8, 4) is 0 Å². The van der Waals surface area contributed by atoms with Crippen LogP contribution in [0.2, 0.25) is 0 Å². The first-order chi connectivity index (χ1) is 8.78. The summed E-state index contributed by atoms with van der Waals surface area (Å²) in [6.45, 7) is 5.17. The number of nitrogens with one attached hydrogen (secondary N) is 1. The Labute approximate surface area is 117 Å². The van der Waals surface area contributed by atoms with Crippen molar-refractivity contribution < 1.29 is 9.53 Å². The number of H-pyrrole nitrogens is 1. The Morgan fingerprint density at radius 1 is 1.53 bits per heavy atom. The molecule has 0 aliphatic heterocycles. The zero-order valence-electron chi connectivity index (χ0n) is 11.1. The second-order valence-electron chi connectivity index (χ2n) is 4.79. The van der Waals surface area contributed by atoms with Crippen molar-refractivity contribution in [1.29, 1.82) is 0 Å². The van der Waals surface area contributed by atoms with Crippen LogP contribution in [0.1, 0.15) is 25.2 Å². The largest absolute Gasteiger partial charge is 0.468 e. The molecule has 2 rings (SSSR count). The lowest BCUT2D eigenvalue weighted by Gasteiger charge is -2.19. The summed E-state index contributed by atoms with van der Waals surface area (Å²) < 4.78 is 6.55. The average Bonchev–Trinajstić information content (AvgIpc) is 2.79. The molecular weight excluding hydrogens is 314 g/mol. The van der Waals surface area contributed by atoms with Crippen LogP contribution in [0.25, 0.3) is 5.78 Å². The molecule has 0 saturated carbocycles. The fraction of sp³-hybridized carbons (Fsp3) is 0.417. The number of fused-ring (bicyclic) bond motifs is 1. The standard InChI is InChI=1S/C12H14BrN3O3/c1-6-8(13)9(17)16-5-7(15-11(16)14-6)12(2,3)10(18)19-4/h5H,1-4H3,(H,14,15). The molecule has 0 spiro atoms. The first-order valence-corrected chi connectivity index (χ1v) is 6.44. The van der Waals surface area contributed by atoms with Crippen molar-refractivity contribution in [3.05, 3.63) is 32.4 Å². The Hall–Kier alpha value is -1.63. The summed E-state index contributed by atoms with van der Waals surface area (Å²) in [7, 11) is 1.33. The third-order valence-electron chi connectivity index (χ3n) is 3.10. The quantitative estimate of drug-likeness (QED) is 0.849. The number of rotatable bonds is 2. The number of halogens is 1. The molecule has 0 aliphatic rings. The molecule has 102 valence electrons. The molecule has 0 unspecified atom stereocenters. The Kier molecular flexibility index (Phi) is 3.25. The molecule has 0 amide bonds. The van der Waals surface area contributed by atoms with Gasteiger partial charge < -0.3 is 9.72 Å². The van der Waals surface area contributed by atoms with E-state index in [1.54, 1.807) is 27.0 Å². The lowest BCUT2D eigenvalue weighted by atomic mass is 9.90.